The first-order chi connectivity index (χ1) is 11.8. The molecule has 0 amide bonds. The number of hydrogen-bond acceptors (Lipinski definition) is 5. The first-order valence-corrected chi connectivity index (χ1v) is 9.18. The Kier molecular flexibility index (Phi) is 8.83. The molecule has 0 aromatic carbocycles. The van der Waals surface area contributed by atoms with E-state index in [1.54, 1.807) is 6.92 Å². The SMILES string of the molecule is CCCOc1nc(C)c(C(=O)C(CCCO)C(C)=O)n1CCC(C)C. The highest BCUT2D eigenvalue weighted by Crippen LogP contribution is 2.25. The van der Waals surface area contributed by atoms with Crippen molar-refractivity contribution in [3.8, 4) is 6.01 Å². The summed E-state index contributed by atoms with van der Waals surface area (Å²) in [7, 11) is 0. The lowest BCUT2D eigenvalue weighted by Crippen LogP contribution is -2.26. The molecule has 1 aromatic rings. The highest BCUT2D eigenvalue weighted by molar-refractivity contribution is 6.09. The first-order valence-electron chi connectivity index (χ1n) is 9.18. The van der Waals surface area contributed by atoms with E-state index in [1.165, 1.54) is 6.92 Å². The van der Waals surface area contributed by atoms with Gasteiger partial charge in [0, 0.05) is 13.2 Å². The van der Waals surface area contributed by atoms with Crippen LogP contribution in [0, 0.1) is 18.8 Å². The van der Waals surface area contributed by atoms with Gasteiger partial charge < -0.3 is 9.84 Å². The van der Waals surface area contributed by atoms with Gasteiger partial charge in [-0.3, -0.25) is 14.2 Å². The number of carbonyl (C=O) groups excluding carboxylic acids is 2. The van der Waals surface area contributed by atoms with Gasteiger partial charge in [0.2, 0.25) is 0 Å². The van der Waals surface area contributed by atoms with Gasteiger partial charge in [0.15, 0.2) is 5.78 Å². The summed E-state index contributed by atoms with van der Waals surface area (Å²) in [5, 5.41) is 9.04. The predicted octanol–water partition coefficient (Wildman–Crippen LogP) is 3.19. The topological polar surface area (TPSA) is 81.4 Å². The van der Waals surface area contributed by atoms with E-state index in [9.17, 15) is 9.59 Å². The van der Waals surface area contributed by atoms with E-state index in [0.717, 1.165) is 12.8 Å². The lowest BCUT2D eigenvalue weighted by atomic mass is 9.92. The summed E-state index contributed by atoms with van der Waals surface area (Å²) in [6, 6.07) is 0.452. The number of hydrogen-bond donors (Lipinski definition) is 1. The maximum Gasteiger partial charge on any atom is 0.297 e. The molecule has 1 rings (SSSR count). The van der Waals surface area contributed by atoms with Crippen molar-refractivity contribution in [1.29, 1.82) is 0 Å². The van der Waals surface area contributed by atoms with Crippen molar-refractivity contribution in [2.45, 2.75) is 66.8 Å². The van der Waals surface area contributed by atoms with E-state index >= 15 is 0 Å². The van der Waals surface area contributed by atoms with Crippen molar-refractivity contribution in [3.05, 3.63) is 11.4 Å². The molecule has 0 bridgehead atoms. The van der Waals surface area contributed by atoms with Crippen LogP contribution in [0.25, 0.3) is 0 Å². The van der Waals surface area contributed by atoms with Gasteiger partial charge in [-0.1, -0.05) is 20.8 Å². The lowest BCUT2D eigenvalue weighted by Gasteiger charge is -2.16. The Labute approximate surface area is 150 Å². The summed E-state index contributed by atoms with van der Waals surface area (Å²) < 4.78 is 7.55. The van der Waals surface area contributed by atoms with Gasteiger partial charge in [0.1, 0.15) is 11.5 Å². The molecule has 0 fully saturated rings. The third-order valence-electron chi connectivity index (χ3n) is 4.16. The fourth-order valence-electron chi connectivity index (χ4n) is 2.74. The average Bonchev–Trinajstić information content (AvgIpc) is 2.86. The number of aliphatic hydroxyl groups excluding tert-OH is 1. The molecule has 1 heterocycles. The molecule has 1 N–H and O–H groups in total. The van der Waals surface area contributed by atoms with Gasteiger partial charge in [-0.05, 0) is 45.4 Å². The van der Waals surface area contributed by atoms with E-state index in [4.69, 9.17) is 9.84 Å². The summed E-state index contributed by atoms with van der Waals surface area (Å²) in [5.41, 5.74) is 1.06. The van der Waals surface area contributed by atoms with Crippen LogP contribution < -0.4 is 4.74 Å². The zero-order chi connectivity index (χ0) is 19.0. The quantitative estimate of drug-likeness (QED) is 0.461. The second-order valence-corrected chi connectivity index (χ2v) is 6.90. The Morgan fingerprint density at radius 3 is 2.48 bits per heavy atom. The predicted molar refractivity (Wildman–Crippen MR) is 97.0 cm³/mol. The van der Waals surface area contributed by atoms with Gasteiger partial charge in [-0.25, -0.2) is 0 Å². The van der Waals surface area contributed by atoms with Crippen LogP contribution in [0.15, 0.2) is 0 Å². The molecule has 6 nitrogen and oxygen atoms in total. The highest BCUT2D eigenvalue weighted by atomic mass is 16.5. The monoisotopic (exact) mass is 352 g/mol. The highest BCUT2D eigenvalue weighted by Gasteiger charge is 2.30. The van der Waals surface area contributed by atoms with Crippen molar-refractivity contribution in [3.63, 3.8) is 0 Å². The number of imidazole rings is 1. The minimum atomic E-state index is -0.737. The van der Waals surface area contributed by atoms with E-state index in [-0.39, 0.29) is 18.2 Å². The van der Waals surface area contributed by atoms with E-state index in [2.05, 4.69) is 18.8 Å². The molecule has 0 spiro atoms. The van der Waals surface area contributed by atoms with Gasteiger partial charge >= 0.3 is 0 Å². The number of nitrogens with zero attached hydrogens (tertiary/aromatic N) is 2. The minimum absolute atomic E-state index is 0.0342. The molecule has 142 valence electrons. The second kappa shape index (κ2) is 10.3. The molecule has 0 saturated heterocycles. The Hall–Kier alpha value is -1.69. The lowest BCUT2D eigenvalue weighted by molar-refractivity contribution is -0.119. The van der Waals surface area contributed by atoms with Crippen LogP contribution >= 0.6 is 0 Å². The summed E-state index contributed by atoms with van der Waals surface area (Å²) in [6.45, 7) is 10.6. The number of aryl methyl sites for hydroxylation is 1. The fourth-order valence-corrected chi connectivity index (χ4v) is 2.74. The molecule has 25 heavy (non-hydrogen) atoms. The van der Waals surface area contributed by atoms with Crippen LogP contribution in [0.4, 0.5) is 0 Å². The van der Waals surface area contributed by atoms with Crippen LogP contribution in [0.5, 0.6) is 6.01 Å². The number of ketones is 2. The summed E-state index contributed by atoms with van der Waals surface area (Å²) >= 11 is 0. The molecule has 0 aliphatic carbocycles. The van der Waals surface area contributed by atoms with Crippen molar-refractivity contribution in [2.75, 3.05) is 13.2 Å². The summed E-state index contributed by atoms with van der Waals surface area (Å²) in [6.07, 6.45) is 2.52. The van der Waals surface area contributed by atoms with Gasteiger partial charge in [-0.15, -0.1) is 0 Å². The Morgan fingerprint density at radius 1 is 1.28 bits per heavy atom. The van der Waals surface area contributed by atoms with Gasteiger partial charge in [-0.2, -0.15) is 4.98 Å². The van der Waals surface area contributed by atoms with Crippen molar-refractivity contribution in [2.24, 2.45) is 11.8 Å². The third-order valence-corrected chi connectivity index (χ3v) is 4.16. The number of ether oxygens (including phenoxy) is 1. The summed E-state index contributed by atoms with van der Waals surface area (Å²) in [4.78, 5) is 29.4. The zero-order valence-corrected chi connectivity index (χ0v) is 16.2. The van der Waals surface area contributed by atoms with Crippen molar-refractivity contribution < 1.29 is 19.4 Å². The Bertz CT molecular complexity index is 578. The number of rotatable bonds is 12. The molecule has 0 aliphatic rings. The van der Waals surface area contributed by atoms with Gasteiger partial charge in [0.05, 0.1) is 18.2 Å². The maximum absolute atomic E-state index is 13.0. The smallest absolute Gasteiger partial charge is 0.297 e. The number of aliphatic hydroxyl groups is 1. The van der Waals surface area contributed by atoms with E-state index in [0.29, 0.717) is 49.3 Å². The number of carbonyl (C=O) groups is 2. The molecule has 0 aliphatic heterocycles. The molecule has 0 saturated carbocycles. The van der Waals surface area contributed by atoms with Crippen LogP contribution in [-0.2, 0) is 11.3 Å². The Balaban J connectivity index is 3.22. The summed E-state index contributed by atoms with van der Waals surface area (Å²) in [5.74, 6) is -0.659. The average molecular weight is 352 g/mol. The van der Waals surface area contributed by atoms with Crippen LogP contribution in [-0.4, -0.2) is 39.4 Å². The molecular weight excluding hydrogens is 320 g/mol. The van der Waals surface area contributed by atoms with E-state index < -0.39 is 5.92 Å². The zero-order valence-electron chi connectivity index (χ0n) is 16.2. The fraction of sp³-hybridized carbons (Fsp3) is 0.737. The van der Waals surface area contributed by atoms with Crippen molar-refractivity contribution >= 4 is 11.6 Å². The van der Waals surface area contributed by atoms with Crippen LogP contribution in [0.3, 0.4) is 0 Å². The number of aromatic nitrogens is 2. The minimum Gasteiger partial charge on any atom is -0.465 e. The second-order valence-electron chi connectivity index (χ2n) is 6.90. The molecule has 6 heteroatoms. The number of Topliss-reactive ketones (excluding diaryl/α,β-unsaturated/α-hetero) is 2. The Morgan fingerprint density at radius 2 is 1.96 bits per heavy atom. The van der Waals surface area contributed by atoms with Gasteiger partial charge in [0.25, 0.3) is 6.01 Å². The molecular formula is C19H32N2O4. The largest absolute Gasteiger partial charge is 0.465 e. The molecule has 1 unspecified atom stereocenters. The van der Waals surface area contributed by atoms with Crippen LogP contribution in [0.1, 0.15) is 69.6 Å². The standard InChI is InChI=1S/C19H32N2O4/c1-6-12-25-19-20-14(4)17(21(19)10-9-13(2)3)18(24)16(15(5)23)8-7-11-22/h13,16,22H,6-12H2,1-5H3. The molecule has 1 aromatic heterocycles. The molecule has 0 radical (unpaired) electrons. The van der Waals surface area contributed by atoms with Crippen molar-refractivity contribution in [1.82, 2.24) is 9.55 Å². The van der Waals surface area contributed by atoms with Crippen LogP contribution in [0.2, 0.25) is 0 Å². The van der Waals surface area contributed by atoms with E-state index in [1.807, 2.05) is 11.5 Å². The maximum atomic E-state index is 13.0. The third kappa shape index (κ3) is 5.96. The molecule has 1 atom stereocenters. The normalized spacial score (nSPS) is 12.4. The first kappa shape index (κ1) is 21.4.